The summed E-state index contributed by atoms with van der Waals surface area (Å²) in [5, 5.41) is 0. The van der Waals surface area contributed by atoms with E-state index in [-0.39, 0.29) is 5.54 Å². The number of nitrogens with two attached hydrogens (primary N) is 1. The van der Waals surface area contributed by atoms with Crippen LogP contribution in [0, 0.1) is 6.92 Å². The standard InChI is InChI=1S/C14H22N2O/c1-11-5-4-6-12(9-15)13(11)16-7-8-17-10-14(16,2)3/h4-6H,7-10,15H2,1-3H3. The first-order valence-electron chi connectivity index (χ1n) is 6.20. The number of ether oxygens (including phenoxy) is 1. The van der Waals surface area contributed by atoms with E-state index in [9.17, 15) is 0 Å². The summed E-state index contributed by atoms with van der Waals surface area (Å²) >= 11 is 0. The van der Waals surface area contributed by atoms with Crippen LogP contribution in [0.2, 0.25) is 0 Å². The highest BCUT2D eigenvalue weighted by Crippen LogP contribution is 2.32. The Morgan fingerprint density at radius 3 is 2.82 bits per heavy atom. The fourth-order valence-electron chi connectivity index (χ4n) is 2.54. The van der Waals surface area contributed by atoms with Crippen molar-refractivity contribution in [3.63, 3.8) is 0 Å². The molecule has 3 heteroatoms. The summed E-state index contributed by atoms with van der Waals surface area (Å²) in [6, 6.07) is 6.35. The molecule has 1 heterocycles. The molecule has 1 fully saturated rings. The number of para-hydroxylation sites is 1. The number of anilines is 1. The van der Waals surface area contributed by atoms with Gasteiger partial charge in [0.2, 0.25) is 0 Å². The lowest BCUT2D eigenvalue weighted by Gasteiger charge is -2.45. The average molecular weight is 234 g/mol. The molecule has 1 aliphatic heterocycles. The van der Waals surface area contributed by atoms with Crippen LogP contribution in [0.5, 0.6) is 0 Å². The second kappa shape index (κ2) is 4.67. The first-order chi connectivity index (χ1) is 8.06. The predicted molar refractivity (Wildman–Crippen MR) is 71.3 cm³/mol. The molecular formula is C14H22N2O. The number of benzene rings is 1. The summed E-state index contributed by atoms with van der Waals surface area (Å²) in [6.45, 7) is 9.68. The molecule has 0 bridgehead atoms. The minimum Gasteiger partial charge on any atom is -0.377 e. The molecule has 2 rings (SSSR count). The molecule has 0 saturated carbocycles. The van der Waals surface area contributed by atoms with E-state index in [4.69, 9.17) is 10.5 Å². The van der Waals surface area contributed by atoms with Crippen LogP contribution in [0.4, 0.5) is 5.69 Å². The number of aryl methyl sites for hydroxylation is 1. The van der Waals surface area contributed by atoms with Crippen molar-refractivity contribution in [3.05, 3.63) is 29.3 Å². The molecule has 0 amide bonds. The molecule has 1 aromatic rings. The van der Waals surface area contributed by atoms with Crippen LogP contribution in [0.15, 0.2) is 18.2 Å². The molecular weight excluding hydrogens is 212 g/mol. The minimum atomic E-state index is 0.0360. The van der Waals surface area contributed by atoms with Crippen molar-refractivity contribution >= 4 is 5.69 Å². The molecule has 94 valence electrons. The lowest BCUT2D eigenvalue weighted by molar-refractivity contribution is 0.0642. The fraction of sp³-hybridized carbons (Fsp3) is 0.571. The smallest absolute Gasteiger partial charge is 0.0694 e. The Kier molecular flexibility index (Phi) is 3.40. The van der Waals surface area contributed by atoms with Crippen LogP contribution in [0.3, 0.4) is 0 Å². The van der Waals surface area contributed by atoms with Gasteiger partial charge in [0, 0.05) is 18.8 Å². The first-order valence-corrected chi connectivity index (χ1v) is 6.20. The van der Waals surface area contributed by atoms with Gasteiger partial charge in [-0.05, 0) is 31.9 Å². The van der Waals surface area contributed by atoms with E-state index in [2.05, 4.69) is 43.9 Å². The molecule has 0 radical (unpaired) electrons. The summed E-state index contributed by atoms with van der Waals surface area (Å²) in [6.07, 6.45) is 0. The Balaban J connectivity index is 2.44. The van der Waals surface area contributed by atoms with Crippen LogP contribution in [0.1, 0.15) is 25.0 Å². The van der Waals surface area contributed by atoms with Crippen molar-refractivity contribution in [1.29, 1.82) is 0 Å². The van der Waals surface area contributed by atoms with Crippen molar-refractivity contribution in [2.45, 2.75) is 32.9 Å². The Labute approximate surface area is 104 Å². The monoisotopic (exact) mass is 234 g/mol. The van der Waals surface area contributed by atoms with Gasteiger partial charge in [-0.15, -0.1) is 0 Å². The Hall–Kier alpha value is -1.06. The second-order valence-electron chi connectivity index (χ2n) is 5.30. The molecule has 0 spiro atoms. The number of rotatable bonds is 2. The molecule has 0 atom stereocenters. The largest absolute Gasteiger partial charge is 0.377 e. The summed E-state index contributed by atoms with van der Waals surface area (Å²) in [5.74, 6) is 0. The highest BCUT2D eigenvalue weighted by atomic mass is 16.5. The van der Waals surface area contributed by atoms with Crippen LogP contribution >= 0.6 is 0 Å². The van der Waals surface area contributed by atoms with E-state index in [0.717, 1.165) is 19.8 Å². The Morgan fingerprint density at radius 2 is 2.18 bits per heavy atom. The molecule has 0 unspecified atom stereocenters. The van der Waals surface area contributed by atoms with E-state index in [1.807, 2.05) is 0 Å². The number of hydrogen-bond acceptors (Lipinski definition) is 3. The fourth-order valence-corrected chi connectivity index (χ4v) is 2.54. The lowest BCUT2D eigenvalue weighted by Crippen LogP contribution is -2.53. The Morgan fingerprint density at radius 1 is 1.41 bits per heavy atom. The van der Waals surface area contributed by atoms with Gasteiger partial charge in [-0.25, -0.2) is 0 Å². The molecule has 1 aromatic carbocycles. The topological polar surface area (TPSA) is 38.5 Å². The third-order valence-electron chi connectivity index (χ3n) is 3.46. The van der Waals surface area contributed by atoms with Gasteiger partial charge in [-0.2, -0.15) is 0 Å². The maximum Gasteiger partial charge on any atom is 0.0694 e. The van der Waals surface area contributed by atoms with E-state index in [1.54, 1.807) is 0 Å². The highest BCUT2D eigenvalue weighted by molar-refractivity contribution is 5.61. The van der Waals surface area contributed by atoms with Crippen molar-refractivity contribution in [2.75, 3.05) is 24.7 Å². The van der Waals surface area contributed by atoms with E-state index in [0.29, 0.717) is 6.54 Å². The maximum absolute atomic E-state index is 5.86. The summed E-state index contributed by atoms with van der Waals surface area (Å²) in [4.78, 5) is 2.44. The van der Waals surface area contributed by atoms with Crippen LogP contribution in [-0.4, -0.2) is 25.3 Å². The van der Waals surface area contributed by atoms with E-state index >= 15 is 0 Å². The zero-order valence-corrected chi connectivity index (χ0v) is 11.0. The van der Waals surface area contributed by atoms with Crippen molar-refractivity contribution < 1.29 is 4.74 Å². The van der Waals surface area contributed by atoms with Crippen molar-refractivity contribution in [1.82, 2.24) is 0 Å². The van der Waals surface area contributed by atoms with E-state index < -0.39 is 0 Å². The van der Waals surface area contributed by atoms with Gasteiger partial charge in [0.1, 0.15) is 0 Å². The Bertz CT molecular complexity index is 401. The molecule has 1 saturated heterocycles. The molecule has 1 aliphatic rings. The van der Waals surface area contributed by atoms with Gasteiger partial charge in [-0.1, -0.05) is 18.2 Å². The van der Waals surface area contributed by atoms with Crippen LogP contribution < -0.4 is 10.6 Å². The third-order valence-corrected chi connectivity index (χ3v) is 3.46. The third kappa shape index (κ3) is 2.31. The lowest BCUT2D eigenvalue weighted by atomic mass is 9.97. The van der Waals surface area contributed by atoms with Crippen LogP contribution in [0.25, 0.3) is 0 Å². The zero-order valence-electron chi connectivity index (χ0n) is 11.0. The summed E-state index contributed by atoms with van der Waals surface area (Å²) in [5.41, 5.74) is 9.70. The maximum atomic E-state index is 5.86. The van der Waals surface area contributed by atoms with Gasteiger partial charge in [-0.3, -0.25) is 0 Å². The normalized spacial score (nSPS) is 19.4. The van der Waals surface area contributed by atoms with Gasteiger partial charge in [0.25, 0.3) is 0 Å². The first kappa shape index (κ1) is 12.4. The van der Waals surface area contributed by atoms with Crippen LogP contribution in [-0.2, 0) is 11.3 Å². The molecule has 0 aliphatic carbocycles. The molecule has 2 N–H and O–H groups in total. The number of morpholine rings is 1. The molecule has 3 nitrogen and oxygen atoms in total. The SMILES string of the molecule is Cc1cccc(CN)c1N1CCOCC1(C)C. The number of nitrogens with zero attached hydrogens (tertiary/aromatic N) is 1. The number of hydrogen-bond donors (Lipinski definition) is 1. The molecule has 17 heavy (non-hydrogen) atoms. The molecule has 0 aromatic heterocycles. The quantitative estimate of drug-likeness (QED) is 0.851. The van der Waals surface area contributed by atoms with Gasteiger partial charge < -0.3 is 15.4 Å². The summed E-state index contributed by atoms with van der Waals surface area (Å²) in [7, 11) is 0. The highest BCUT2D eigenvalue weighted by Gasteiger charge is 2.32. The second-order valence-corrected chi connectivity index (χ2v) is 5.30. The van der Waals surface area contributed by atoms with Gasteiger partial charge in [0.05, 0.1) is 18.8 Å². The predicted octanol–water partition coefficient (Wildman–Crippen LogP) is 2.07. The zero-order chi connectivity index (χ0) is 12.5. The van der Waals surface area contributed by atoms with Crippen molar-refractivity contribution in [3.8, 4) is 0 Å². The van der Waals surface area contributed by atoms with Gasteiger partial charge >= 0.3 is 0 Å². The summed E-state index contributed by atoms with van der Waals surface area (Å²) < 4.78 is 5.58. The van der Waals surface area contributed by atoms with Gasteiger partial charge in [0.15, 0.2) is 0 Å². The van der Waals surface area contributed by atoms with Crippen molar-refractivity contribution in [2.24, 2.45) is 5.73 Å². The minimum absolute atomic E-state index is 0.0360. The van der Waals surface area contributed by atoms with E-state index in [1.165, 1.54) is 16.8 Å². The average Bonchev–Trinajstić information content (AvgIpc) is 2.29.